The maximum absolute atomic E-state index is 12.8. The van der Waals surface area contributed by atoms with Crippen LogP contribution in [0.2, 0.25) is 0 Å². The number of hydrogen-bond acceptors (Lipinski definition) is 4. The Balaban J connectivity index is 1.63. The SMILES string of the molecule is CC(=O)c1c(C)nn(C(C)CC(=O)N2CCC(O)(c3ccccc3)CC2)c1C. The summed E-state index contributed by atoms with van der Waals surface area (Å²) >= 11 is 0. The van der Waals surface area contributed by atoms with Crippen LogP contribution in [0, 0.1) is 13.8 Å². The zero-order valence-electron chi connectivity index (χ0n) is 17.1. The predicted molar refractivity (Wildman–Crippen MR) is 107 cm³/mol. The molecule has 1 saturated heterocycles. The highest BCUT2D eigenvalue weighted by molar-refractivity contribution is 5.96. The fraction of sp³-hybridized carbons (Fsp3) is 0.500. The van der Waals surface area contributed by atoms with Gasteiger partial charge in [0, 0.05) is 25.2 Å². The molecule has 0 saturated carbocycles. The van der Waals surface area contributed by atoms with Crippen molar-refractivity contribution in [3.05, 3.63) is 52.8 Å². The number of hydrogen-bond donors (Lipinski definition) is 1. The maximum Gasteiger partial charge on any atom is 0.224 e. The van der Waals surface area contributed by atoms with E-state index < -0.39 is 5.60 Å². The van der Waals surface area contributed by atoms with Crippen LogP contribution in [0.3, 0.4) is 0 Å². The first kappa shape index (κ1) is 20.3. The molecular formula is C22H29N3O3. The van der Waals surface area contributed by atoms with E-state index in [9.17, 15) is 14.7 Å². The highest BCUT2D eigenvalue weighted by atomic mass is 16.3. The molecule has 6 heteroatoms. The molecule has 2 heterocycles. The van der Waals surface area contributed by atoms with Gasteiger partial charge in [-0.3, -0.25) is 14.3 Å². The first-order valence-corrected chi connectivity index (χ1v) is 9.85. The van der Waals surface area contributed by atoms with Crippen molar-refractivity contribution in [2.24, 2.45) is 0 Å². The van der Waals surface area contributed by atoms with Crippen LogP contribution in [0.4, 0.5) is 0 Å². The van der Waals surface area contributed by atoms with Crippen LogP contribution in [0.25, 0.3) is 0 Å². The topological polar surface area (TPSA) is 75.4 Å². The number of nitrogens with zero attached hydrogens (tertiary/aromatic N) is 3. The average Bonchev–Trinajstić information content (AvgIpc) is 2.97. The number of benzene rings is 1. The molecule has 0 bridgehead atoms. The van der Waals surface area contributed by atoms with Crippen molar-refractivity contribution in [2.75, 3.05) is 13.1 Å². The zero-order valence-corrected chi connectivity index (χ0v) is 17.1. The molecule has 28 heavy (non-hydrogen) atoms. The van der Waals surface area contributed by atoms with Gasteiger partial charge in [0.05, 0.1) is 22.9 Å². The van der Waals surface area contributed by atoms with Gasteiger partial charge in [0.15, 0.2) is 5.78 Å². The van der Waals surface area contributed by atoms with Crippen molar-refractivity contribution < 1.29 is 14.7 Å². The molecule has 0 spiro atoms. The molecule has 1 aliphatic heterocycles. The van der Waals surface area contributed by atoms with Crippen LogP contribution in [-0.4, -0.2) is 44.6 Å². The minimum Gasteiger partial charge on any atom is -0.385 e. The van der Waals surface area contributed by atoms with Crippen LogP contribution < -0.4 is 0 Å². The van der Waals surface area contributed by atoms with E-state index in [4.69, 9.17) is 0 Å². The molecule has 150 valence electrons. The molecule has 1 amide bonds. The van der Waals surface area contributed by atoms with E-state index in [1.807, 2.05) is 56.0 Å². The molecule has 6 nitrogen and oxygen atoms in total. The van der Waals surface area contributed by atoms with Crippen LogP contribution in [0.1, 0.15) is 66.5 Å². The van der Waals surface area contributed by atoms with Crippen LogP contribution in [-0.2, 0) is 10.4 Å². The van der Waals surface area contributed by atoms with E-state index in [1.165, 1.54) is 0 Å². The average molecular weight is 383 g/mol. The van der Waals surface area contributed by atoms with E-state index in [0.717, 1.165) is 11.3 Å². The number of amides is 1. The molecule has 0 radical (unpaired) electrons. The highest BCUT2D eigenvalue weighted by Crippen LogP contribution is 2.33. The standard InChI is InChI=1S/C22H29N3O3/c1-15(25-17(3)21(18(4)26)16(2)23-25)14-20(27)24-12-10-22(28,11-13-24)19-8-6-5-7-9-19/h5-9,15,28H,10-14H2,1-4H3. The number of piperidine rings is 1. The molecule has 1 atom stereocenters. The lowest BCUT2D eigenvalue weighted by Crippen LogP contribution is -2.45. The van der Waals surface area contributed by atoms with Crippen molar-refractivity contribution in [3.63, 3.8) is 0 Å². The molecule has 1 unspecified atom stereocenters. The Morgan fingerprint density at radius 3 is 2.32 bits per heavy atom. The van der Waals surface area contributed by atoms with Gasteiger partial charge in [-0.1, -0.05) is 30.3 Å². The summed E-state index contributed by atoms with van der Waals surface area (Å²) < 4.78 is 1.79. The third-order valence-corrected chi connectivity index (χ3v) is 5.82. The second-order valence-corrected chi connectivity index (χ2v) is 7.88. The maximum atomic E-state index is 12.8. The minimum atomic E-state index is -0.865. The molecule has 2 aromatic rings. The molecule has 1 N–H and O–H groups in total. The minimum absolute atomic E-state index is 0.00370. The summed E-state index contributed by atoms with van der Waals surface area (Å²) in [7, 11) is 0. The van der Waals surface area contributed by atoms with Gasteiger partial charge in [0.2, 0.25) is 5.91 Å². The van der Waals surface area contributed by atoms with Crippen molar-refractivity contribution in [3.8, 4) is 0 Å². The van der Waals surface area contributed by atoms with Crippen molar-refractivity contribution in [2.45, 2.75) is 58.6 Å². The summed E-state index contributed by atoms with van der Waals surface area (Å²) in [4.78, 5) is 26.4. The Labute approximate surface area is 166 Å². The number of aryl methyl sites for hydroxylation is 1. The van der Waals surface area contributed by atoms with Crippen LogP contribution in [0.5, 0.6) is 0 Å². The zero-order chi connectivity index (χ0) is 20.5. The number of carbonyl (C=O) groups is 2. The third kappa shape index (κ3) is 3.87. The largest absolute Gasteiger partial charge is 0.385 e. The molecule has 0 aliphatic carbocycles. The summed E-state index contributed by atoms with van der Waals surface area (Å²) in [5.74, 6) is 0.0514. The van der Waals surface area contributed by atoms with E-state index >= 15 is 0 Å². The predicted octanol–water partition coefficient (Wildman–Crippen LogP) is 3.16. The molecule has 1 aromatic heterocycles. The summed E-state index contributed by atoms with van der Waals surface area (Å²) in [6.45, 7) is 8.26. The highest BCUT2D eigenvalue weighted by Gasteiger charge is 2.35. The number of aromatic nitrogens is 2. The monoisotopic (exact) mass is 383 g/mol. The van der Waals surface area contributed by atoms with Crippen LogP contribution in [0.15, 0.2) is 30.3 Å². The Morgan fingerprint density at radius 2 is 1.79 bits per heavy atom. The van der Waals surface area contributed by atoms with E-state index in [0.29, 0.717) is 43.6 Å². The van der Waals surface area contributed by atoms with Crippen molar-refractivity contribution in [1.29, 1.82) is 0 Å². The lowest BCUT2D eigenvalue weighted by molar-refractivity contribution is -0.136. The van der Waals surface area contributed by atoms with Gasteiger partial charge < -0.3 is 10.0 Å². The van der Waals surface area contributed by atoms with E-state index in [2.05, 4.69) is 5.10 Å². The van der Waals surface area contributed by atoms with E-state index in [1.54, 1.807) is 11.6 Å². The van der Waals surface area contributed by atoms with Gasteiger partial charge in [-0.05, 0) is 46.1 Å². The smallest absolute Gasteiger partial charge is 0.224 e. The number of Topliss-reactive ketones (excluding diaryl/α,β-unsaturated/α-hetero) is 1. The second kappa shape index (κ2) is 7.87. The molecule has 1 fully saturated rings. The Kier molecular flexibility index (Phi) is 5.70. The van der Waals surface area contributed by atoms with Gasteiger partial charge in [-0.15, -0.1) is 0 Å². The number of likely N-dealkylation sites (tertiary alicyclic amines) is 1. The molecular weight excluding hydrogens is 354 g/mol. The first-order valence-electron chi connectivity index (χ1n) is 9.85. The third-order valence-electron chi connectivity index (χ3n) is 5.82. The van der Waals surface area contributed by atoms with Gasteiger partial charge in [0.1, 0.15) is 0 Å². The lowest BCUT2D eigenvalue weighted by atomic mass is 9.84. The van der Waals surface area contributed by atoms with Crippen molar-refractivity contribution >= 4 is 11.7 Å². The Hall–Kier alpha value is -2.47. The van der Waals surface area contributed by atoms with Gasteiger partial charge in [-0.25, -0.2) is 0 Å². The summed E-state index contributed by atoms with van der Waals surface area (Å²) in [6.07, 6.45) is 1.39. The molecule has 1 aliphatic rings. The summed E-state index contributed by atoms with van der Waals surface area (Å²) in [6, 6.07) is 9.54. The summed E-state index contributed by atoms with van der Waals surface area (Å²) in [5, 5.41) is 15.4. The normalized spacial score (nSPS) is 17.4. The van der Waals surface area contributed by atoms with Gasteiger partial charge in [-0.2, -0.15) is 5.10 Å². The number of rotatable bonds is 5. The van der Waals surface area contributed by atoms with Gasteiger partial charge >= 0.3 is 0 Å². The van der Waals surface area contributed by atoms with E-state index in [-0.39, 0.29) is 17.7 Å². The first-order chi connectivity index (χ1) is 13.2. The molecule has 3 rings (SSSR count). The number of carbonyl (C=O) groups excluding carboxylic acids is 2. The Bertz CT molecular complexity index is 865. The Morgan fingerprint density at radius 1 is 1.18 bits per heavy atom. The van der Waals surface area contributed by atoms with Crippen LogP contribution >= 0.6 is 0 Å². The van der Waals surface area contributed by atoms with Gasteiger partial charge in [0.25, 0.3) is 0 Å². The lowest BCUT2D eigenvalue weighted by Gasteiger charge is -2.39. The summed E-state index contributed by atoms with van der Waals surface area (Å²) in [5.41, 5.74) is 2.20. The van der Waals surface area contributed by atoms with Crippen molar-refractivity contribution in [1.82, 2.24) is 14.7 Å². The second-order valence-electron chi connectivity index (χ2n) is 7.88. The quantitative estimate of drug-likeness (QED) is 0.805. The molecule has 1 aromatic carbocycles. The fourth-order valence-corrected chi connectivity index (χ4v) is 4.23. The fourth-order valence-electron chi connectivity index (χ4n) is 4.23. The number of ketones is 1. The number of aliphatic hydroxyl groups is 1.